The molecule has 0 aromatic heterocycles. The average molecular weight is 241 g/mol. The minimum atomic E-state index is -0.179. The maximum Gasteiger partial charge on any atom is 0.229 e. The maximum atomic E-state index is 12.4. The number of rotatable bonds is 2. The van der Waals surface area contributed by atoms with Gasteiger partial charge >= 0.3 is 0 Å². The molecule has 1 aliphatic carbocycles. The summed E-state index contributed by atoms with van der Waals surface area (Å²) in [7, 11) is 0. The molecule has 0 spiro atoms. The lowest BCUT2D eigenvalue weighted by Gasteiger charge is -2.25. The molecule has 4 rings (SSSR count). The Kier molecular flexibility index (Phi) is 1.98. The first-order valence-corrected chi connectivity index (χ1v) is 6.44. The molecule has 1 amide bonds. The van der Waals surface area contributed by atoms with E-state index in [1.807, 2.05) is 41.3 Å². The number of amides is 1. The summed E-state index contributed by atoms with van der Waals surface area (Å²) >= 11 is 0. The van der Waals surface area contributed by atoms with E-state index >= 15 is 0 Å². The zero-order chi connectivity index (χ0) is 12.3. The Hall–Kier alpha value is -1.61. The van der Waals surface area contributed by atoms with Crippen LogP contribution < -0.4 is 0 Å². The number of hydrogen-bond acceptors (Lipinski definition) is 2. The highest BCUT2D eigenvalue weighted by Gasteiger charge is 2.68. The normalized spacial score (nSPS) is 40.6. The molecule has 0 unspecified atom stereocenters. The Balaban J connectivity index is 1.65. The first kappa shape index (κ1) is 10.3. The molecule has 3 nitrogen and oxygen atoms in total. The highest BCUT2D eigenvalue weighted by Crippen LogP contribution is 2.60. The van der Waals surface area contributed by atoms with E-state index in [0.29, 0.717) is 18.4 Å². The SMILES string of the molecule is C=C[C@H]1[C@H]2C(=O)N3[C@@H](c4ccccc4)OC[C@@H]3[C@@H]12. The third-order valence-corrected chi connectivity index (χ3v) is 4.51. The van der Waals surface area contributed by atoms with Gasteiger partial charge in [0.05, 0.1) is 18.6 Å². The molecular weight excluding hydrogens is 226 g/mol. The van der Waals surface area contributed by atoms with Gasteiger partial charge in [-0.25, -0.2) is 0 Å². The smallest absolute Gasteiger partial charge is 0.229 e. The molecule has 0 radical (unpaired) electrons. The lowest BCUT2D eigenvalue weighted by Crippen LogP contribution is -2.35. The van der Waals surface area contributed by atoms with E-state index in [-0.39, 0.29) is 24.1 Å². The quantitative estimate of drug-likeness (QED) is 0.741. The van der Waals surface area contributed by atoms with Gasteiger partial charge < -0.3 is 9.64 Å². The zero-order valence-corrected chi connectivity index (χ0v) is 10.0. The minimum Gasteiger partial charge on any atom is -0.352 e. The Morgan fingerprint density at radius 1 is 1.33 bits per heavy atom. The van der Waals surface area contributed by atoms with Crippen LogP contribution in [0.5, 0.6) is 0 Å². The molecule has 3 fully saturated rings. The van der Waals surface area contributed by atoms with Crippen molar-refractivity contribution in [2.75, 3.05) is 6.61 Å². The van der Waals surface area contributed by atoms with Crippen LogP contribution in [0.4, 0.5) is 0 Å². The van der Waals surface area contributed by atoms with Gasteiger partial charge in [0, 0.05) is 11.5 Å². The molecule has 0 N–H and O–H groups in total. The van der Waals surface area contributed by atoms with Gasteiger partial charge in [0.25, 0.3) is 0 Å². The number of fused-ring (bicyclic) bond motifs is 3. The van der Waals surface area contributed by atoms with Crippen LogP contribution in [-0.4, -0.2) is 23.5 Å². The summed E-state index contributed by atoms with van der Waals surface area (Å²) < 4.78 is 5.84. The molecule has 0 bridgehead atoms. The number of hydrogen-bond donors (Lipinski definition) is 0. The molecule has 1 saturated carbocycles. The summed E-state index contributed by atoms with van der Waals surface area (Å²) in [6.07, 6.45) is 1.75. The largest absolute Gasteiger partial charge is 0.352 e. The molecule has 1 aromatic carbocycles. The number of ether oxygens (including phenoxy) is 1. The van der Waals surface area contributed by atoms with E-state index in [4.69, 9.17) is 4.74 Å². The van der Waals surface area contributed by atoms with E-state index in [1.165, 1.54) is 0 Å². The number of nitrogens with zero attached hydrogens (tertiary/aromatic N) is 1. The van der Waals surface area contributed by atoms with Crippen molar-refractivity contribution < 1.29 is 9.53 Å². The van der Waals surface area contributed by atoms with E-state index < -0.39 is 0 Å². The predicted molar refractivity (Wildman–Crippen MR) is 66.4 cm³/mol. The second kappa shape index (κ2) is 3.45. The van der Waals surface area contributed by atoms with Crippen molar-refractivity contribution >= 4 is 5.91 Å². The fourth-order valence-corrected chi connectivity index (χ4v) is 3.63. The van der Waals surface area contributed by atoms with Crippen LogP contribution in [0, 0.1) is 17.8 Å². The van der Waals surface area contributed by atoms with Crippen LogP contribution in [0.3, 0.4) is 0 Å². The van der Waals surface area contributed by atoms with Gasteiger partial charge in [0.2, 0.25) is 5.91 Å². The van der Waals surface area contributed by atoms with Crippen molar-refractivity contribution in [1.82, 2.24) is 4.90 Å². The number of benzene rings is 1. The van der Waals surface area contributed by atoms with Gasteiger partial charge in [-0.3, -0.25) is 4.79 Å². The lowest BCUT2D eigenvalue weighted by molar-refractivity contribution is -0.136. The van der Waals surface area contributed by atoms with Crippen molar-refractivity contribution in [1.29, 1.82) is 0 Å². The topological polar surface area (TPSA) is 29.5 Å². The third kappa shape index (κ3) is 1.15. The van der Waals surface area contributed by atoms with E-state index in [9.17, 15) is 4.79 Å². The molecule has 2 aliphatic heterocycles. The monoisotopic (exact) mass is 241 g/mol. The maximum absolute atomic E-state index is 12.4. The van der Waals surface area contributed by atoms with Crippen molar-refractivity contribution in [3.8, 4) is 0 Å². The van der Waals surface area contributed by atoms with Crippen LogP contribution in [-0.2, 0) is 9.53 Å². The van der Waals surface area contributed by atoms with Gasteiger partial charge in [0.1, 0.15) is 0 Å². The third-order valence-electron chi connectivity index (χ3n) is 4.51. The summed E-state index contributed by atoms with van der Waals surface area (Å²) in [5.74, 6) is 1.27. The van der Waals surface area contributed by atoms with Gasteiger partial charge in [-0.2, -0.15) is 0 Å². The molecule has 2 heterocycles. The second-order valence-electron chi connectivity index (χ2n) is 5.33. The fourth-order valence-electron chi connectivity index (χ4n) is 3.63. The minimum absolute atomic E-state index is 0.179. The van der Waals surface area contributed by atoms with E-state index in [2.05, 4.69) is 6.58 Å². The van der Waals surface area contributed by atoms with Gasteiger partial charge in [-0.15, -0.1) is 6.58 Å². The highest BCUT2D eigenvalue weighted by molar-refractivity contribution is 5.87. The molecule has 3 aliphatic rings. The summed E-state index contributed by atoms with van der Waals surface area (Å²) in [4.78, 5) is 14.3. The van der Waals surface area contributed by atoms with Crippen LogP contribution in [0.1, 0.15) is 11.8 Å². The second-order valence-corrected chi connectivity index (χ2v) is 5.33. The van der Waals surface area contributed by atoms with Gasteiger partial charge in [0.15, 0.2) is 6.23 Å². The first-order valence-electron chi connectivity index (χ1n) is 6.44. The Morgan fingerprint density at radius 3 is 2.83 bits per heavy atom. The number of piperidine rings is 1. The molecule has 1 aromatic rings. The van der Waals surface area contributed by atoms with Gasteiger partial charge in [-0.1, -0.05) is 36.4 Å². The molecular formula is C15H15NO2. The zero-order valence-electron chi connectivity index (χ0n) is 10.0. The van der Waals surface area contributed by atoms with E-state index in [0.717, 1.165) is 5.56 Å². The standard InChI is InChI=1S/C15H15NO2/c1-2-10-12-11-8-18-15(9-6-4-3-5-7-9)16(11)14(17)13(10)12/h2-7,10-13,15H,1,8H2/t10-,11-,12-,13-,15-/m1/s1. The van der Waals surface area contributed by atoms with Crippen molar-refractivity contribution in [3.63, 3.8) is 0 Å². The molecule has 5 atom stereocenters. The summed E-state index contributed by atoms with van der Waals surface area (Å²) in [5.41, 5.74) is 1.07. The van der Waals surface area contributed by atoms with E-state index in [1.54, 1.807) is 0 Å². The van der Waals surface area contributed by atoms with Gasteiger partial charge in [-0.05, 0) is 5.92 Å². The first-order chi connectivity index (χ1) is 8.83. The summed E-state index contributed by atoms with van der Waals surface area (Å²) in [5, 5.41) is 0. The Labute approximate surface area is 106 Å². The summed E-state index contributed by atoms with van der Waals surface area (Å²) in [6.45, 7) is 4.48. The highest BCUT2D eigenvalue weighted by atomic mass is 16.5. The van der Waals surface area contributed by atoms with Crippen molar-refractivity contribution in [3.05, 3.63) is 48.6 Å². The molecule has 2 saturated heterocycles. The predicted octanol–water partition coefficient (Wildman–Crippen LogP) is 1.97. The van der Waals surface area contributed by atoms with Crippen LogP contribution in [0.15, 0.2) is 43.0 Å². The fraction of sp³-hybridized carbons (Fsp3) is 0.400. The Morgan fingerprint density at radius 2 is 2.11 bits per heavy atom. The molecule has 3 heteroatoms. The number of carbonyl (C=O) groups is 1. The summed E-state index contributed by atoms with van der Waals surface area (Å²) in [6, 6.07) is 10.3. The van der Waals surface area contributed by atoms with Crippen LogP contribution in [0.25, 0.3) is 0 Å². The number of carbonyl (C=O) groups excluding carboxylic acids is 1. The molecule has 92 valence electrons. The van der Waals surface area contributed by atoms with Crippen LogP contribution in [0.2, 0.25) is 0 Å². The average Bonchev–Trinajstić information content (AvgIpc) is 2.85. The lowest BCUT2D eigenvalue weighted by atomic mass is 10.1. The van der Waals surface area contributed by atoms with Crippen LogP contribution >= 0.6 is 0 Å². The van der Waals surface area contributed by atoms with Crippen molar-refractivity contribution in [2.45, 2.75) is 12.3 Å². The Bertz CT molecular complexity index is 512. The molecule has 18 heavy (non-hydrogen) atoms. The number of allylic oxidation sites excluding steroid dienone is 1. The van der Waals surface area contributed by atoms with Crippen molar-refractivity contribution in [2.24, 2.45) is 17.8 Å².